The molecule has 0 aromatic heterocycles. The Morgan fingerprint density at radius 2 is 1.21 bits per heavy atom. The van der Waals surface area contributed by atoms with E-state index in [1.165, 1.54) is 12.1 Å². The minimum atomic E-state index is -4.85. The van der Waals surface area contributed by atoms with Gasteiger partial charge in [0.1, 0.15) is 10.1 Å². The Bertz CT molecular complexity index is 1770. The quantitative estimate of drug-likeness (QED) is 0.0902. The number of benzene rings is 2. The molecule has 0 unspecified atom stereocenters. The Morgan fingerprint density at radius 1 is 0.698 bits per heavy atom. The molecule has 0 radical (unpaired) electrons. The number of carbonyl (C=O) groups is 4. The summed E-state index contributed by atoms with van der Waals surface area (Å²) >= 11 is 0. The summed E-state index contributed by atoms with van der Waals surface area (Å²) in [4.78, 5) is 50.1. The van der Waals surface area contributed by atoms with E-state index in [4.69, 9.17) is 0 Å². The van der Waals surface area contributed by atoms with Crippen LogP contribution in [0.3, 0.4) is 0 Å². The van der Waals surface area contributed by atoms with Gasteiger partial charge in [-0.1, -0.05) is 44.2 Å². The SMILES string of the molecule is CCCC(=O)NC[N+](CNC(=O)CCC)=C1C=CC(=C(c2ccc(N(CCCC(=O)NC)CCCC(=O)NC)cc2)c2ccccc2S(=O)(=O)[O-])C=C1. The van der Waals surface area contributed by atoms with Crippen LogP contribution in [0, 0.1) is 0 Å². The molecule has 2 aromatic rings. The predicted octanol–water partition coefficient (Wildman–Crippen LogP) is 3.58. The first-order valence-electron chi connectivity index (χ1n) is 18.0. The maximum Gasteiger partial charge on any atom is 0.224 e. The topological polar surface area (TPSA) is 180 Å². The average Bonchev–Trinajstić information content (AvgIpc) is 3.15. The lowest BCUT2D eigenvalue weighted by Crippen LogP contribution is -2.41. The van der Waals surface area contributed by atoms with Crippen molar-refractivity contribution in [2.75, 3.05) is 45.4 Å². The monoisotopic (exact) mass is 748 g/mol. The van der Waals surface area contributed by atoms with Crippen molar-refractivity contribution in [1.29, 1.82) is 0 Å². The van der Waals surface area contributed by atoms with E-state index in [2.05, 4.69) is 26.2 Å². The Labute approximate surface area is 313 Å². The highest BCUT2D eigenvalue weighted by Crippen LogP contribution is 2.34. The Balaban J connectivity index is 2.08. The lowest BCUT2D eigenvalue weighted by atomic mass is 9.90. The van der Waals surface area contributed by atoms with E-state index in [0.717, 1.165) is 5.69 Å². The van der Waals surface area contributed by atoms with Gasteiger partial charge in [0.2, 0.25) is 42.7 Å². The van der Waals surface area contributed by atoms with Crippen LogP contribution in [0.15, 0.2) is 83.3 Å². The summed E-state index contributed by atoms with van der Waals surface area (Å²) < 4.78 is 39.3. The van der Waals surface area contributed by atoms with Crippen LogP contribution in [0.2, 0.25) is 0 Å². The van der Waals surface area contributed by atoms with Crippen molar-refractivity contribution in [3.05, 3.63) is 89.5 Å². The van der Waals surface area contributed by atoms with Crippen LogP contribution in [0.1, 0.15) is 76.3 Å². The number of rotatable bonds is 20. The molecule has 0 atom stereocenters. The number of nitrogens with zero attached hydrogens (tertiary/aromatic N) is 2. The first-order valence-corrected chi connectivity index (χ1v) is 19.4. The number of hydrogen-bond acceptors (Lipinski definition) is 8. The maximum atomic E-state index is 12.5. The molecule has 0 aliphatic heterocycles. The van der Waals surface area contributed by atoms with Gasteiger partial charge in [0.05, 0.1) is 4.90 Å². The largest absolute Gasteiger partial charge is 0.744 e. The second kappa shape index (κ2) is 21.4. The van der Waals surface area contributed by atoms with Crippen molar-refractivity contribution in [3.63, 3.8) is 0 Å². The summed E-state index contributed by atoms with van der Waals surface area (Å²) in [6.45, 7) is 5.29. The zero-order valence-electron chi connectivity index (χ0n) is 31.1. The van der Waals surface area contributed by atoms with Gasteiger partial charge in [-0.2, -0.15) is 4.58 Å². The minimum Gasteiger partial charge on any atom is -0.744 e. The van der Waals surface area contributed by atoms with Gasteiger partial charge in [-0.15, -0.1) is 0 Å². The van der Waals surface area contributed by atoms with E-state index in [-0.39, 0.29) is 47.4 Å². The van der Waals surface area contributed by atoms with Gasteiger partial charge in [0, 0.05) is 76.3 Å². The standard InChI is InChI=1S/C39H52N6O7S/c1-5-11-37(48)42-27-45(28-43-38(49)12-6-2)32-23-19-30(20-24-32)39(33-13-7-8-14-34(33)53(50,51)52)29-17-21-31(22-18-29)44(25-9-15-35(46)40-3)26-10-16-36(47)41-4/h7-8,13-14,17-24H,5-6,9-12,15-16,25-28H2,1-4H3,(H4-,40,41,42,43,46,47,48,49,50,51,52). The molecule has 286 valence electrons. The summed E-state index contributed by atoms with van der Waals surface area (Å²) in [5.41, 5.74) is 3.60. The molecular formula is C39H52N6O7S. The molecule has 3 rings (SSSR count). The third-order valence-electron chi connectivity index (χ3n) is 8.58. The maximum absolute atomic E-state index is 12.5. The third-order valence-corrected chi connectivity index (χ3v) is 9.47. The van der Waals surface area contributed by atoms with Crippen molar-refractivity contribution in [1.82, 2.24) is 21.3 Å². The van der Waals surface area contributed by atoms with Gasteiger partial charge in [-0.05, 0) is 72.7 Å². The summed E-state index contributed by atoms with van der Waals surface area (Å²) in [5, 5.41) is 11.1. The van der Waals surface area contributed by atoms with Gasteiger partial charge in [0.25, 0.3) is 0 Å². The zero-order chi connectivity index (χ0) is 38.8. The van der Waals surface area contributed by atoms with E-state index in [9.17, 15) is 32.1 Å². The van der Waals surface area contributed by atoms with Crippen LogP contribution >= 0.6 is 0 Å². The van der Waals surface area contributed by atoms with E-state index in [0.29, 0.717) is 86.9 Å². The molecule has 2 aromatic carbocycles. The first kappa shape index (κ1) is 42.3. The van der Waals surface area contributed by atoms with E-state index >= 15 is 0 Å². The molecule has 1 aliphatic carbocycles. The Kier molecular flexibility index (Phi) is 17.1. The minimum absolute atomic E-state index is 0.0616. The smallest absolute Gasteiger partial charge is 0.224 e. The van der Waals surface area contributed by atoms with Crippen LogP contribution in [-0.2, 0) is 29.3 Å². The molecule has 0 saturated carbocycles. The van der Waals surface area contributed by atoms with Crippen molar-refractivity contribution < 1.29 is 36.7 Å². The van der Waals surface area contributed by atoms with E-state index in [1.54, 1.807) is 26.2 Å². The van der Waals surface area contributed by atoms with Crippen LogP contribution in [0.4, 0.5) is 5.69 Å². The van der Waals surface area contributed by atoms with Gasteiger partial charge < -0.3 is 30.7 Å². The second-order valence-corrected chi connectivity index (χ2v) is 13.9. The molecule has 53 heavy (non-hydrogen) atoms. The van der Waals surface area contributed by atoms with E-state index in [1.807, 2.05) is 67.0 Å². The number of amides is 4. The average molecular weight is 749 g/mol. The number of nitrogens with one attached hydrogen (secondary N) is 4. The predicted molar refractivity (Wildman–Crippen MR) is 205 cm³/mol. The fraction of sp³-hybridized carbons (Fsp3) is 0.410. The zero-order valence-corrected chi connectivity index (χ0v) is 31.9. The lowest BCUT2D eigenvalue weighted by Gasteiger charge is -2.25. The molecule has 1 aliphatic rings. The van der Waals surface area contributed by atoms with Crippen LogP contribution in [-0.4, -0.2) is 87.4 Å². The highest BCUT2D eigenvalue weighted by Gasteiger charge is 2.21. The fourth-order valence-electron chi connectivity index (χ4n) is 5.76. The van der Waals surface area contributed by atoms with Crippen LogP contribution in [0.5, 0.6) is 0 Å². The third kappa shape index (κ3) is 13.4. The number of carbonyl (C=O) groups excluding carboxylic acids is 4. The van der Waals surface area contributed by atoms with Crippen molar-refractivity contribution >= 4 is 50.7 Å². The van der Waals surface area contributed by atoms with Crippen molar-refractivity contribution in [3.8, 4) is 0 Å². The van der Waals surface area contributed by atoms with Crippen LogP contribution in [0.25, 0.3) is 5.57 Å². The van der Waals surface area contributed by atoms with Gasteiger partial charge in [0.15, 0.2) is 0 Å². The summed E-state index contributed by atoms with van der Waals surface area (Å²) in [6, 6.07) is 13.6. The Hall–Kier alpha value is -5.08. The molecule has 0 heterocycles. The number of anilines is 1. The molecule has 4 N–H and O–H groups in total. The first-order chi connectivity index (χ1) is 25.4. The highest BCUT2D eigenvalue weighted by atomic mass is 32.2. The normalized spacial score (nSPS) is 12.2. The van der Waals surface area contributed by atoms with Crippen molar-refractivity contribution in [2.24, 2.45) is 0 Å². The number of allylic oxidation sites excluding steroid dienone is 5. The van der Waals surface area contributed by atoms with Gasteiger partial charge >= 0.3 is 0 Å². The summed E-state index contributed by atoms with van der Waals surface area (Å²) in [6.07, 6.45) is 11.3. The molecule has 14 heteroatoms. The van der Waals surface area contributed by atoms with Gasteiger partial charge in [-0.3, -0.25) is 19.2 Å². The van der Waals surface area contributed by atoms with Crippen LogP contribution < -0.4 is 26.2 Å². The van der Waals surface area contributed by atoms with Gasteiger partial charge in [-0.25, -0.2) is 8.42 Å². The number of hydrogen-bond donors (Lipinski definition) is 4. The molecular weight excluding hydrogens is 697 g/mol. The molecule has 0 bridgehead atoms. The van der Waals surface area contributed by atoms with Crippen molar-refractivity contribution in [2.45, 2.75) is 70.1 Å². The fourth-order valence-corrected chi connectivity index (χ4v) is 6.45. The molecule has 0 saturated heterocycles. The molecule has 0 fully saturated rings. The summed E-state index contributed by atoms with van der Waals surface area (Å²) in [7, 11) is -1.66. The lowest BCUT2D eigenvalue weighted by molar-refractivity contribution is -0.532. The highest BCUT2D eigenvalue weighted by molar-refractivity contribution is 7.85. The van der Waals surface area contributed by atoms with E-state index < -0.39 is 10.1 Å². The molecule has 13 nitrogen and oxygen atoms in total. The second-order valence-electron chi connectivity index (χ2n) is 12.5. The molecule has 4 amide bonds. The molecule has 0 spiro atoms. The Morgan fingerprint density at radius 3 is 1.68 bits per heavy atom. The summed E-state index contributed by atoms with van der Waals surface area (Å²) in [5.74, 6) is -0.345.